The van der Waals surface area contributed by atoms with Crippen molar-refractivity contribution in [1.82, 2.24) is 5.32 Å². The monoisotopic (exact) mass is 423 g/mol. The van der Waals surface area contributed by atoms with Gasteiger partial charge in [-0.15, -0.1) is 24.0 Å². The first-order chi connectivity index (χ1) is 10.6. The molecule has 0 aromatic heterocycles. The summed E-state index contributed by atoms with van der Waals surface area (Å²) in [6.45, 7) is 5.78. The molecular weight excluding hydrogens is 397 g/mol. The minimum atomic E-state index is 0. The predicted octanol–water partition coefficient (Wildman–Crippen LogP) is 3.61. The molecule has 0 aliphatic carbocycles. The summed E-state index contributed by atoms with van der Waals surface area (Å²) in [7, 11) is 0. The number of hydrogen-bond acceptors (Lipinski definition) is 1. The fraction of sp³-hybridized carbons (Fsp3) is 0.316. The van der Waals surface area contributed by atoms with Crippen LogP contribution in [0.3, 0.4) is 0 Å². The first-order valence-electron chi connectivity index (χ1n) is 7.78. The van der Waals surface area contributed by atoms with Crippen LogP contribution in [0.5, 0.6) is 0 Å². The first kappa shape index (κ1) is 19.5. The molecule has 4 heteroatoms. The number of nitrogens with two attached hydrogens (primary N) is 1. The maximum atomic E-state index is 5.90. The SMILES string of the molecule is Cc1cc(C)cc(CCNC(N)=NCCc2ccccc2)c1.I. The fourth-order valence-corrected chi connectivity index (χ4v) is 2.55. The summed E-state index contributed by atoms with van der Waals surface area (Å²) in [6.07, 6.45) is 1.87. The zero-order valence-electron chi connectivity index (χ0n) is 13.9. The molecule has 23 heavy (non-hydrogen) atoms. The van der Waals surface area contributed by atoms with Crippen LogP contribution < -0.4 is 11.1 Å². The van der Waals surface area contributed by atoms with Crippen molar-refractivity contribution < 1.29 is 0 Å². The van der Waals surface area contributed by atoms with Gasteiger partial charge in [-0.1, -0.05) is 59.7 Å². The Morgan fingerprint density at radius 1 is 0.957 bits per heavy atom. The van der Waals surface area contributed by atoms with Gasteiger partial charge in [0.2, 0.25) is 0 Å². The van der Waals surface area contributed by atoms with E-state index in [9.17, 15) is 0 Å². The highest BCUT2D eigenvalue weighted by Crippen LogP contribution is 2.08. The van der Waals surface area contributed by atoms with Gasteiger partial charge in [-0.2, -0.15) is 0 Å². The summed E-state index contributed by atoms with van der Waals surface area (Å²) in [5.41, 5.74) is 11.1. The lowest BCUT2D eigenvalue weighted by Gasteiger charge is -2.07. The molecule has 2 aromatic carbocycles. The van der Waals surface area contributed by atoms with Gasteiger partial charge < -0.3 is 11.1 Å². The van der Waals surface area contributed by atoms with Crippen molar-refractivity contribution in [2.45, 2.75) is 26.7 Å². The molecule has 0 unspecified atom stereocenters. The van der Waals surface area contributed by atoms with Crippen LogP contribution in [0.15, 0.2) is 53.5 Å². The van der Waals surface area contributed by atoms with Crippen molar-refractivity contribution >= 4 is 29.9 Å². The molecule has 0 heterocycles. The van der Waals surface area contributed by atoms with Gasteiger partial charge in [-0.3, -0.25) is 4.99 Å². The number of halogens is 1. The zero-order chi connectivity index (χ0) is 15.8. The van der Waals surface area contributed by atoms with Crippen LogP contribution in [-0.2, 0) is 12.8 Å². The Morgan fingerprint density at radius 2 is 1.61 bits per heavy atom. The molecule has 0 aliphatic heterocycles. The largest absolute Gasteiger partial charge is 0.370 e. The summed E-state index contributed by atoms with van der Waals surface area (Å²) in [5.74, 6) is 0.528. The van der Waals surface area contributed by atoms with E-state index in [-0.39, 0.29) is 24.0 Å². The van der Waals surface area contributed by atoms with E-state index in [1.165, 1.54) is 22.3 Å². The molecule has 3 N–H and O–H groups in total. The van der Waals surface area contributed by atoms with E-state index < -0.39 is 0 Å². The minimum absolute atomic E-state index is 0. The van der Waals surface area contributed by atoms with Crippen molar-refractivity contribution in [3.63, 3.8) is 0 Å². The molecule has 0 fully saturated rings. The second-order valence-electron chi connectivity index (χ2n) is 5.68. The minimum Gasteiger partial charge on any atom is -0.370 e. The Hall–Kier alpha value is -1.56. The Kier molecular flexibility index (Phi) is 8.69. The van der Waals surface area contributed by atoms with Crippen LogP contribution in [-0.4, -0.2) is 19.0 Å². The molecule has 0 amide bonds. The number of benzene rings is 2. The van der Waals surface area contributed by atoms with E-state index in [0.29, 0.717) is 12.5 Å². The van der Waals surface area contributed by atoms with Crippen LogP contribution in [0.4, 0.5) is 0 Å². The van der Waals surface area contributed by atoms with Gasteiger partial charge in [0, 0.05) is 13.1 Å². The summed E-state index contributed by atoms with van der Waals surface area (Å²) < 4.78 is 0. The van der Waals surface area contributed by atoms with Crippen LogP contribution >= 0.6 is 24.0 Å². The lowest BCUT2D eigenvalue weighted by Crippen LogP contribution is -2.33. The van der Waals surface area contributed by atoms with Crippen molar-refractivity contribution in [1.29, 1.82) is 0 Å². The van der Waals surface area contributed by atoms with Gasteiger partial charge in [0.25, 0.3) is 0 Å². The quantitative estimate of drug-likeness (QED) is 0.424. The highest BCUT2D eigenvalue weighted by Gasteiger charge is 1.97. The van der Waals surface area contributed by atoms with E-state index in [1.54, 1.807) is 0 Å². The number of aryl methyl sites for hydroxylation is 2. The van der Waals surface area contributed by atoms with Crippen molar-refractivity contribution in [3.05, 3.63) is 70.8 Å². The third-order valence-electron chi connectivity index (χ3n) is 3.53. The van der Waals surface area contributed by atoms with Crippen molar-refractivity contribution in [2.24, 2.45) is 10.7 Å². The van der Waals surface area contributed by atoms with E-state index in [4.69, 9.17) is 5.73 Å². The van der Waals surface area contributed by atoms with E-state index in [0.717, 1.165) is 19.4 Å². The number of hydrogen-bond donors (Lipinski definition) is 2. The van der Waals surface area contributed by atoms with Crippen LogP contribution in [0.25, 0.3) is 0 Å². The van der Waals surface area contributed by atoms with Gasteiger partial charge in [0.1, 0.15) is 0 Å². The summed E-state index contributed by atoms with van der Waals surface area (Å²) >= 11 is 0. The summed E-state index contributed by atoms with van der Waals surface area (Å²) in [5, 5.41) is 3.18. The van der Waals surface area contributed by atoms with Gasteiger partial charge in [0.15, 0.2) is 5.96 Å². The number of nitrogens with one attached hydrogen (secondary N) is 1. The van der Waals surface area contributed by atoms with Crippen LogP contribution in [0.1, 0.15) is 22.3 Å². The second-order valence-corrected chi connectivity index (χ2v) is 5.68. The van der Waals surface area contributed by atoms with Crippen LogP contribution in [0.2, 0.25) is 0 Å². The molecule has 0 atom stereocenters. The Morgan fingerprint density at radius 3 is 2.26 bits per heavy atom. The molecule has 0 bridgehead atoms. The predicted molar refractivity (Wildman–Crippen MR) is 110 cm³/mol. The number of aliphatic imine (C=N–C) groups is 1. The van der Waals surface area contributed by atoms with E-state index >= 15 is 0 Å². The van der Waals surface area contributed by atoms with Gasteiger partial charge in [-0.25, -0.2) is 0 Å². The summed E-state index contributed by atoms with van der Waals surface area (Å²) in [6, 6.07) is 17.0. The highest BCUT2D eigenvalue weighted by atomic mass is 127. The maximum absolute atomic E-state index is 5.90. The fourth-order valence-electron chi connectivity index (χ4n) is 2.55. The highest BCUT2D eigenvalue weighted by molar-refractivity contribution is 14.0. The maximum Gasteiger partial charge on any atom is 0.188 e. The van der Waals surface area contributed by atoms with Crippen molar-refractivity contribution in [2.75, 3.05) is 13.1 Å². The first-order valence-corrected chi connectivity index (χ1v) is 7.78. The third kappa shape index (κ3) is 7.50. The topological polar surface area (TPSA) is 50.4 Å². The molecule has 2 rings (SSSR count). The summed E-state index contributed by atoms with van der Waals surface area (Å²) in [4.78, 5) is 4.37. The molecular formula is C19H26IN3. The number of nitrogens with zero attached hydrogens (tertiary/aromatic N) is 1. The Labute approximate surface area is 156 Å². The normalized spacial score (nSPS) is 11.0. The van der Waals surface area contributed by atoms with Gasteiger partial charge in [0.05, 0.1) is 0 Å². The standard InChI is InChI=1S/C19H25N3.HI/c1-15-12-16(2)14-18(13-15)9-11-22-19(20)21-10-8-17-6-4-3-5-7-17;/h3-7,12-14H,8-11H2,1-2H3,(H3,20,21,22);1H. The Balaban J connectivity index is 0.00000264. The second kappa shape index (κ2) is 10.3. The average Bonchev–Trinajstić information content (AvgIpc) is 2.47. The molecule has 3 nitrogen and oxygen atoms in total. The average molecular weight is 423 g/mol. The molecule has 0 saturated heterocycles. The molecule has 124 valence electrons. The third-order valence-corrected chi connectivity index (χ3v) is 3.53. The Bertz CT molecular complexity index is 604. The van der Waals surface area contributed by atoms with E-state index in [1.807, 2.05) is 18.2 Å². The van der Waals surface area contributed by atoms with Gasteiger partial charge >= 0.3 is 0 Å². The molecule has 2 aromatic rings. The van der Waals surface area contributed by atoms with Crippen molar-refractivity contribution in [3.8, 4) is 0 Å². The molecule has 0 aliphatic rings. The van der Waals surface area contributed by atoms with E-state index in [2.05, 4.69) is 54.5 Å². The lowest BCUT2D eigenvalue weighted by atomic mass is 10.1. The van der Waals surface area contributed by atoms with Gasteiger partial charge in [-0.05, 0) is 37.8 Å². The number of guanidine groups is 1. The zero-order valence-corrected chi connectivity index (χ0v) is 16.2. The number of rotatable bonds is 6. The van der Waals surface area contributed by atoms with Crippen LogP contribution in [0, 0.1) is 13.8 Å². The lowest BCUT2D eigenvalue weighted by molar-refractivity contribution is 0.842. The molecule has 0 radical (unpaired) electrons. The molecule has 0 saturated carbocycles. The smallest absolute Gasteiger partial charge is 0.188 e. The molecule has 0 spiro atoms.